The second-order valence-electron chi connectivity index (χ2n) is 7.58. The molecule has 5 rings (SSSR count). The lowest BCUT2D eigenvalue weighted by atomic mass is 9.90. The van der Waals surface area contributed by atoms with E-state index in [1.165, 1.54) is 14.1 Å². The summed E-state index contributed by atoms with van der Waals surface area (Å²) in [6.45, 7) is 0. The Morgan fingerprint density at radius 1 is 0.967 bits per heavy atom. The largest absolute Gasteiger partial charge is 0.494 e. The highest BCUT2D eigenvalue weighted by Crippen LogP contribution is 2.36. The standard InChI is InChI=1S/C23H20N4O3/c1-26-21(28)20(22(29)27(2)23(26)30)18-12-17(24-25-18)19-15-9-5-3-7-13(15)11-14-8-4-6-10-16(14)19/h3-11,17,24,28H,12H2,1-2H3/t17-/m1/s1. The van der Waals surface area contributed by atoms with E-state index in [9.17, 15) is 14.7 Å². The van der Waals surface area contributed by atoms with E-state index in [0.29, 0.717) is 12.1 Å². The third-order valence-corrected chi connectivity index (χ3v) is 5.84. The third-order valence-electron chi connectivity index (χ3n) is 5.84. The fourth-order valence-corrected chi connectivity index (χ4v) is 4.28. The second-order valence-corrected chi connectivity index (χ2v) is 7.58. The van der Waals surface area contributed by atoms with Gasteiger partial charge in [-0.1, -0.05) is 48.5 Å². The molecule has 0 bridgehead atoms. The van der Waals surface area contributed by atoms with E-state index in [-0.39, 0.29) is 17.5 Å². The summed E-state index contributed by atoms with van der Waals surface area (Å²) < 4.78 is 2.04. The second kappa shape index (κ2) is 6.59. The van der Waals surface area contributed by atoms with Crippen molar-refractivity contribution in [2.75, 3.05) is 0 Å². The zero-order valence-corrected chi connectivity index (χ0v) is 16.6. The molecule has 0 saturated heterocycles. The zero-order chi connectivity index (χ0) is 21.0. The fraction of sp³-hybridized carbons (Fsp3) is 0.174. The average Bonchev–Trinajstić information content (AvgIpc) is 3.24. The number of fused-ring (bicyclic) bond motifs is 2. The summed E-state index contributed by atoms with van der Waals surface area (Å²) in [5.74, 6) is -0.368. The van der Waals surface area contributed by atoms with Crippen LogP contribution in [-0.4, -0.2) is 20.0 Å². The van der Waals surface area contributed by atoms with Gasteiger partial charge in [-0.2, -0.15) is 5.10 Å². The van der Waals surface area contributed by atoms with Crippen LogP contribution in [0.25, 0.3) is 21.5 Å². The van der Waals surface area contributed by atoms with Crippen LogP contribution in [0.1, 0.15) is 23.6 Å². The minimum absolute atomic E-state index is 0.0548. The van der Waals surface area contributed by atoms with Gasteiger partial charge in [0, 0.05) is 20.5 Å². The molecule has 1 aliphatic heterocycles. The fourth-order valence-electron chi connectivity index (χ4n) is 4.28. The maximum Gasteiger partial charge on any atom is 0.333 e. The number of hydrazone groups is 1. The molecule has 0 radical (unpaired) electrons. The molecule has 3 aromatic carbocycles. The average molecular weight is 400 g/mol. The van der Waals surface area contributed by atoms with Crippen molar-refractivity contribution in [2.24, 2.45) is 19.2 Å². The molecular formula is C23H20N4O3. The van der Waals surface area contributed by atoms with Gasteiger partial charge in [0.25, 0.3) is 5.56 Å². The van der Waals surface area contributed by atoms with Crippen molar-refractivity contribution in [3.8, 4) is 5.88 Å². The van der Waals surface area contributed by atoms with Crippen LogP contribution in [0.5, 0.6) is 5.88 Å². The lowest BCUT2D eigenvalue weighted by Crippen LogP contribution is -2.39. The predicted octanol–water partition coefficient (Wildman–Crippen LogP) is 2.53. The summed E-state index contributed by atoms with van der Waals surface area (Å²) in [6, 6.07) is 18.4. The number of hydrogen-bond acceptors (Lipinski definition) is 5. The van der Waals surface area contributed by atoms with Crippen molar-refractivity contribution in [3.05, 3.63) is 86.6 Å². The van der Waals surface area contributed by atoms with Crippen molar-refractivity contribution in [2.45, 2.75) is 12.5 Å². The highest BCUT2D eigenvalue weighted by molar-refractivity contribution is 6.06. The highest BCUT2D eigenvalue weighted by atomic mass is 16.3. The Bertz CT molecular complexity index is 1430. The van der Waals surface area contributed by atoms with Crippen molar-refractivity contribution >= 4 is 27.3 Å². The molecule has 1 aromatic heterocycles. The van der Waals surface area contributed by atoms with Gasteiger partial charge in [0.2, 0.25) is 5.88 Å². The molecule has 0 unspecified atom stereocenters. The molecule has 2 N–H and O–H groups in total. The molecule has 30 heavy (non-hydrogen) atoms. The number of benzene rings is 3. The normalized spacial score (nSPS) is 16.1. The quantitative estimate of drug-likeness (QED) is 0.506. The number of nitrogens with zero attached hydrogens (tertiary/aromatic N) is 3. The van der Waals surface area contributed by atoms with Crippen molar-refractivity contribution < 1.29 is 5.11 Å². The van der Waals surface area contributed by atoms with E-state index >= 15 is 0 Å². The molecule has 1 aliphatic rings. The van der Waals surface area contributed by atoms with Crippen LogP contribution in [0.3, 0.4) is 0 Å². The smallest absolute Gasteiger partial charge is 0.333 e. The first kappa shape index (κ1) is 18.2. The van der Waals surface area contributed by atoms with E-state index in [4.69, 9.17) is 0 Å². The number of aromatic nitrogens is 2. The monoisotopic (exact) mass is 400 g/mol. The first-order valence-corrected chi connectivity index (χ1v) is 9.69. The molecule has 0 fully saturated rings. The summed E-state index contributed by atoms with van der Waals surface area (Å²) >= 11 is 0. The van der Waals surface area contributed by atoms with Gasteiger partial charge in [0.05, 0.1) is 11.8 Å². The topological polar surface area (TPSA) is 88.6 Å². The van der Waals surface area contributed by atoms with Crippen LogP contribution < -0.4 is 16.7 Å². The molecule has 4 aromatic rings. The minimum Gasteiger partial charge on any atom is -0.494 e. The van der Waals surface area contributed by atoms with E-state index in [2.05, 4.69) is 40.9 Å². The summed E-state index contributed by atoms with van der Waals surface area (Å²) in [5, 5.41) is 19.4. The SMILES string of the molecule is Cn1c(O)c(C2=NN[C@@H](c3c4ccccc4cc4ccccc34)C2)c(=O)n(C)c1=O. The number of rotatable bonds is 2. The summed E-state index contributed by atoms with van der Waals surface area (Å²) in [4.78, 5) is 24.8. The maximum atomic E-state index is 12.7. The minimum atomic E-state index is -0.579. The van der Waals surface area contributed by atoms with Gasteiger partial charge >= 0.3 is 5.69 Å². The van der Waals surface area contributed by atoms with Crippen LogP contribution in [0, 0.1) is 0 Å². The van der Waals surface area contributed by atoms with Crippen molar-refractivity contribution in [1.29, 1.82) is 0 Å². The van der Waals surface area contributed by atoms with Crippen LogP contribution in [0.4, 0.5) is 0 Å². The summed E-state index contributed by atoms with van der Waals surface area (Å²) in [7, 11) is 2.82. The molecule has 7 heteroatoms. The summed E-state index contributed by atoms with van der Waals surface area (Å²) in [5.41, 5.74) is 3.61. The Labute approximate surface area is 171 Å². The van der Waals surface area contributed by atoms with Gasteiger partial charge in [-0.25, -0.2) is 4.79 Å². The first-order chi connectivity index (χ1) is 14.5. The molecular weight excluding hydrogens is 380 g/mol. The van der Waals surface area contributed by atoms with Crippen molar-refractivity contribution in [3.63, 3.8) is 0 Å². The summed E-state index contributed by atoms with van der Waals surface area (Å²) in [6.07, 6.45) is 0.416. The van der Waals surface area contributed by atoms with Gasteiger partial charge in [-0.3, -0.25) is 13.9 Å². The molecule has 1 atom stereocenters. The molecule has 0 amide bonds. The van der Waals surface area contributed by atoms with Crippen LogP contribution in [0.2, 0.25) is 0 Å². The molecule has 0 spiro atoms. The Kier molecular flexibility index (Phi) is 3.99. The highest BCUT2D eigenvalue weighted by Gasteiger charge is 2.29. The van der Waals surface area contributed by atoms with E-state index in [1.807, 2.05) is 24.3 Å². The van der Waals surface area contributed by atoms with E-state index in [1.54, 1.807) is 0 Å². The molecule has 2 heterocycles. The third kappa shape index (κ3) is 2.55. The molecule has 0 aliphatic carbocycles. The molecule has 7 nitrogen and oxygen atoms in total. The van der Waals surface area contributed by atoms with E-state index in [0.717, 1.165) is 36.2 Å². The van der Waals surface area contributed by atoms with Gasteiger partial charge in [0.1, 0.15) is 5.56 Å². The van der Waals surface area contributed by atoms with Gasteiger partial charge in [0.15, 0.2) is 0 Å². The predicted molar refractivity (Wildman–Crippen MR) is 117 cm³/mol. The molecule has 150 valence electrons. The number of hydrogen-bond donors (Lipinski definition) is 2. The number of aromatic hydroxyl groups is 1. The van der Waals surface area contributed by atoms with E-state index < -0.39 is 11.2 Å². The Morgan fingerprint density at radius 3 is 2.20 bits per heavy atom. The van der Waals surface area contributed by atoms with Crippen LogP contribution >= 0.6 is 0 Å². The maximum absolute atomic E-state index is 12.7. The zero-order valence-electron chi connectivity index (χ0n) is 16.6. The Morgan fingerprint density at radius 2 is 1.57 bits per heavy atom. The Balaban J connectivity index is 1.66. The van der Waals surface area contributed by atoms with Gasteiger partial charge in [-0.05, 0) is 33.2 Å². The lowest BCUT2D eigenvalue weighted by Gasteiger charge is -2.17. The van der Waals surface area contributed by atoms with Gasteiger partial charge < -0.3 is 10.5 Å². The first-order valence-electron chi connectivity index (χ1n) is 9.69. The van der Waals surface area contributed by atoms with Crippen molar-refractivity contribution in [1.82, 2.24) is 14.6 Å². The number of nitrogens with one attached hydrogen (secondary N) is 1. The lowest BCUT2D eigenvalue weighted by molar-refractivity contribution is 0.410. The van der Waals surface area contributed by atoms with Crippen LogP contribution in [-0.2, 0) is 14.1 Å². The van der Waals surface area contributed by atoms with Crippen LogP contribution in [0.15, 0.2) is 69.3 Å². The molecule has 0 saturated carbocycles. The van der Waals surface area contributed by atoms with Gasteiger partial charge in [-0.15, -0.1) is 0 Å². The Hall–Kier alpha value is -3.87.